The van der Waals surface area contributed by atoms with E-state index < -0.39 is 17.3 Å². The number of hydrogen-bond acceptors (Lipinski definition) is 3. The number of benzene rings is 1. The Hall–Kier alpha value is -2.63. The van der Waals surface area contributed by atoms with Crippen LogP contribution in [0.2, 0.25) is 0 Å². The molecule has 0 amide bonds. The van der Waals surface area contributed by atoms with Gasteiger partial charge in [-0.15, -0.1) is 0 Å². The first-order chi connectivity index (χ1) is 9.43. The molecular formula is C14H12FNO4. The van der Waals surface area contributed by atoms with E-state index in [1.807, 2.05) is 0 Å². The maximum atomic E-state index is 13.7. The fourth-order valence-corrected chi connectivity index (χ4v) is 1.91. The molecule has 1 heterocycles. The summed E-state index contributed by atoms with van der Waals surface area (Å²) in [5, 5.41) is 8.87. The van der Waals surface area contributed by atoms with Crippen LogP contribution in [0.3, 0.4) is 0 Å². The summed E-state index contributed by atoms with van der Waals surface area (Å²) in [5.74, 6) is -1.77. The number of ether oxygens (including phenoxy) is 1. The first kappa shape index (κ1) is 13.8. The van der Waals surface area contributed by atoms with Gasteiger partial charge in [0.25, 0.3) is 5.56 Å². The van der Waals surface area contributed by atoms with Crippen molar-refractivity contribution in [3.63, 3.8) is 0 Å². The van der Waals surface area contributed by atoms with E-state index >= 15 is 0 Å². The number of carbonyl (C=O) groups is 1. The van der Waals surface area contributed by atoms with Crippen LogP contribution in [-0.4, -0.2) is 23.2 Å². The van der Waals surface area contributed by atoms with Crippen LogP contribution in [0.4, 0.5) is 4.39 Å². The molecule has 0 aliphatic rings. The zero-order valence-electron chi connectivity index (χ0n) is 10.9. The molecule has 0 saturated heterocycles. The maximum absolute atomic E-state index is 13.7. The van der Waals surface area contributed by atoms with E-state index in [2.05, 4.69) is 4.98 Å². The number of carboxylic acids is 1. The molecule has 2 aromatic rings. The Balaban J connectivity index is 2.59. The second-order valence-electron chi connectivity index (χ2n) is 4.22. The number of methoxy groups -OCH3 is 1. The van der Waals surface area contributed by atoms with Crippen molar-refractivity contribution in [2.24, 2.45) is 0 Å². The third-order valence-corrected chi connectivity index (χ3v) is 2.91. The molecular weight excluding hydrogens is 265 g/mol. The number of hydrogen-bond donors (Lipinski definition) is 2. The number of aromatic carboxylic acids is 1. The summed E-state index contributed by atoms with van der Waals surface area (Å²) in [6, 6.07) is 5.50. The molecule has 0 saturated carbocycles. The molecule has 2 N–H and O–H groups in total. The van der Waals surface area contributed by atoms with Gasteiger partial charge in [-0.1, -0.05) is 0 Å². The number of aryl methyl sites for hydroxylation is 1. The summed E-state index contributed by atoms with van der Waals surface area (Å²) in [6.45, 7) is 1.64. The Morgan fingerprint density at radius 1 is 1.35 bits per heavy atom. The van der Waals surface area contributed by atoms with Crippen molar-refractivity contribution >= 4 is 5.97 Å². The number of nitrogens with one attached hydrogen (secondary N) is 1. The van der Waals surface area contributed by atoms with Crippen LogP contribution in [0.15, 0.2) is 29.1 Å². The summed E-state index contributed by atoms with van der Waals surface area (Å²) < 4.78 is 18.5. The summed E-state index contributed by atoms with van der Waals surface area (Å²) >= 11 is 0. The molecule has 2 rings (SSSR count). The lowest BCUT2D eigenvalue weighted by atomic mass is 10.0. The summed E-state index contributed by atoms with van der Waals surface area (Å²) in [6.07, 6.45) is 0. The van der Waals surface area contributed by atoms with Gasteiger partial charge in [0.15, 0.2) is 11.6 Å². The van der Waals surface area contributed by atoms with E-state index in [4.69, 9.17) is 9.84 Å². The van der Waals surface area contributed by atoms with Crippen molar-refractivity contribution in [3.05, 3.63) is 51.6 Å². The minimum Gasteiger partial charge on any atom is -0.494 e. The van der Waals surface area contributed by atoms with Crippen molar-refractivity contribution in [3.8, 4) is 17.0 Å². The fraction of sp³-hybridized carbons (Fsp3) is 0.143. The average molecular weight is 277 g/mol. The number of aromatic nitrogens is 1. The summed E-state index contributed by atoms with van der Waals surface area (Å²) in [5.41, 5.74) is 0.275. The minimum atomic E-state index is -1.30. The van der Waals surface area contributed by atoms with Gasteiger partial charge in [0.2, 0.25) is 0 Å². The van der Waals surface area contributed by atoms with Crippen LogP contribution < -0.4 is 10.3 Å². The average Bonchev–Trinajstić information content (AvgIpc) is 2.40. The van der Waals surface area contributed by atoms with Gasteiger partial charge < -0.3 is 14.8 Å². The summed E-state index contributed by atoms with van der Waals surface area (Å²) in [7, 11) is 1.35. The molecule has 20 heavy (non-hydrogen) atoms. The molecule has 104 valence electrons. The quantitative estimate of drug-likeness (QED) is 0.901. The van der Waals surface area contributed by atoms with E-state index in [-0.39, 0.29) is 11.3 Å². The molecule has 1 aromatic carbocycles. The highest BCUT2D eigenvalue weighted by Crippen LogP contribution is 2.25. The van der Waals surface area contributed by atoms with Crippen LogP contribution in [0, 0.1) is 12.7 Å². The number of halogens is 1. The van der Waals surface area contributed by atoms with Gasteiger partial charge in [-0.3, -0.25) is 4.79 Å². The van der Waals surface area contributed by atoms with E-state index in [0.29, 0.717) is 16.8 Å². The number of H-pyrrole nitrogens is 1. The van der Waals surface area contributed by atoms with Crippen molar-refractivity contribution in [1.29, 1.82) is 0 Å². The first-order valence-corrected chi connectivity index (χ1v) is 5.75. The Kier molecular flexibility index (Phi) is 3.56. The Labute approximate surface area is 113 Å². The fourth-order valence-electron chi connectivity index (χ4n) is 1.91. The van der Waals surface area contributed by atoms with Gasteiger partial charge in [-0.2, -0.15) is 0 Å². The smallest absolute Gasteiger partial charge is 0.341 e. The van der Waals surface area contributed by atoms with Crippen LogP contribution in [0.1, 0.15) is 15.9 Å². The van der Waals surface area contributed by atoms with Crippen molar-refractivity contribution in [1.82, 2.24) is 4.98 Å². The Morgan fingerprint density at radius 3 is 2.60 bits per heavy atom. The van der Waals surface area contributed by atoms with Crippen molar-refractivity contribution in [2.75, 3.05) is 7.11 Å². The molecule has 0 atom stereocenters. The molecule has 6 heteroatoms. The van der Waals surface area contributed by atoms with Gasteiger partial charge in [0.05, 0.1) is 12.8 Å². The van der Waals surface area contributed by atoms with Gasteiger partial charge in [-0.05, 0) is 36.8 Å². The lowest BCUT2D eigenvalue weighted by Crippen LogP contribution is -2.18. The molecule has 5 nitrogen and oxygen atoms in total. The summed E-state index contributed by atoms with van der Waals surface area (Å²) in [4.78, 5) is 25.0. The second-order valence-corrected chi connectivity index (χ2v) is 4.22. The topological polar surface area (TPSA) is 79.4 Å². The standard InChI is InChI=1S/C14H12FNO4/c1-7-5-9(14(18)19)13(17)16-12(7)8-3-4-11(20-2)10(15)6-8/h3-6H,1-2H3,(H,16,17)(H,18,19). The largest absolute Gasteiger partial charge is 0.494 e. The molecule has 0 bridgehead atoms. The molecule has 0 spiro atoms. The predicted octanol–water partition coefficient (Wildman–Crippen LogP) is 2.20. The molecule has 0 radical (unpaired) electrons. The molecule has 0 fully saturated rings. The van der Waals surface area contributed by atoms with Gasteiger partial charge in [0, 0.05) is 5.56 Å². The molecule has 0 aliphatic heterocycles. The zero-order chi connectivity index (χ0) is 14.9. The molecule has 0 aliphatic carbocycles. The third-order valence-electron chi connectivity index (χ3n) is 2.91. The number of carboxylic acid groups (broad SMARTS) is 1. The van der Waals surface area contributed by atoms with Gasteiger partial charge in [0.1, 0.15) is 5.56 Å². The second kappa shape index (κ2) is 5.16. The highest BCUT2D eigenvalue weighted by Gasteiger charge is 2.14. The number of rotatable bonds is 3. The van der Waals surface area contributed by atoms with E-state index in [0.717, 1.165) is 0 Å². The van der Waals surface area contributed by atoms with Crippen LogP contribution >= 0.6 is 0 Å². The predicted molar refractivity (Wildman–Crippen MR) is 70.7 cm³/mol. The normalized spacial score (nSPS) is 10.3. The highest BCUT2D eigenvalue weighted by atomic mass is 19.1. The highest BCUT2D eigenvalue weighted by molar-refractivity contribution is 5.88. The Morgan fingerprint density at radius 2 is 2.05 bits per heavy atom. The van der Waals surface area contributed by atoms with E-state index in [1.165, 1.54) is 25.3 Å². The number of aromatic amines is 1. The maximum Gasteiger partial charge on any atom is 0.341 e. The van der Waals surface area contributed by atoms with Gasteiger partial charge >= 0.3 is 5.97 Å². The first-order valence-electron chi connectivity index (χ1n) is 5.75. The van der Waals surface area contributed by atoms with E-state index in [1.54, 1.807) is 13.0 Å². The SMILES string of the molecule is COc1ccc(-c2[nH]c(=O)c(C(=O)O)cc2C)cc1F. The monoisotopic (exact) mass is 277 g/mol. The lowest BCUT2D eigenvalue weighted by molar-refractivity contribution is 0.0695. The Bertz CT molecular complexity index is 736. The van der Waals surface area contributed by atoms with Crippen LogP contribution in [0.25, 0.3) is 11.3 Å². The zero-order valence-corrected chi connectivity index (χ0v) is 10.9. The third kappa shape index (κ3) is 2.40. The van der Waals surface area contributed by atoms with Gasteiger partial charge in [-0.25, -0.2) is 9.18 Å². The molecule has 1 aromatic heterocycles. The van der Waals surface area contributed by atoms with Crippen molar-refractivity contribution < 1.29 is 19.0 Å². The van der Waals surface area contributed by atoms with E-state index in [9.17, 15) is 14.0 Å². The number of pyridine rings is 1. The lowest BCUT2D eigenvalue weighted by Gasteiger charge is -2.08. The van der Waals surface area contributed by atoms with Crippen LogP contribution in [-0.2, 0) is 0 Å². The van der Waals surface area contributed by atoms with Crippen molar-refractivity contribution in [2.45, 2.75) is 6.92 Å². The minimum absolute atomic E-state index is 0.0934. The molecule has 0 unspecified atom stereocenters. The van der Waals surface area contributed by atoms with Crippen LogP contribution in [0.5, 0.6) is 5.75 Å².